The molecule has 0 aliphatic rings. The Hall–Kier alpha value is -3.40. The van der Waals surface area contributed by atoms with Gasteiger partial charge in [0.1, 0.15) is 18.2 Å². The molecule has 0 atom stereocenters. The Morgan fingerprint density at radius 3 is 2.64 bits per heavy atom. The zero-order valence-electron chi connectivity index (χ0n) is 18.7. The van der Waals surface area contributed by atoms with Crippen molar-refractivity contribution in [3.8, 4) is 5.75 Å². The Labute approximate surface area is 195 Å². The van der Waals surface area contributed by atoms with Crippen LogP contribution in [0.1, 0.15) is 44.9 Å². The fraction of sp³-hybridized carbons (Fsp3) is 0.304. The first kappa shape index (κ1) is 24.2. The molecular weight excluding hydrogens is 447 g/mol. The van der Waals surface area contributed by atoms with Crippen LogP contribution in [0, 0.1) is 19.7 Å². The number of aryl methyl sites for hydroxylation is 1. The monoisotopic (exact) mass is 472 g/mol. The standard InChI is InChI=1S/C23H25FN4O4S/c1-5-11-28-19(12-32-17-9-7-16(24)8-10-17)26-27-23(28)33-13-18(29)21-14(3)20(15(4)25-21)22(30)31-6-2/h5,7-10,25H,1,6,11-13H2,2-4H3. The summed E-state index contributed by atoms with van der Waals surface area (Å²) in [7, 11) is 0. The topological polar surface area (TPSA) is 99.1 Å². The maximum absolute atomic E-state index is 13.1. The van der Waals surface area contributed by atoms with E-state index in [9.17, 15) is 14.0 Å². The predicted octanol–water partition coefficient (Wildman–Crippen LogP) is 4.28. The number of allylic oxidation sites excluding steroid dienone is 1. The van der Waals surface area contributed by atoms with E-state index in [-0.39, 0.29) is 30.6 Å². The molecule has 10 heteroatoms. The van der Waals surface area contributed by atoms with E-state index in [1.807, 2.05) is 0 Å². The largest absolute Gasteiger partial charge is 0.486 e. The van der Waals surface area contributed by atoms with Crippen LogP contribution in [0.4, 0.5) is 4.39 Å². The van der Waals surface area contributed by atoms with E-state index in [4.69, 9.17) is 9.47 Å². The third kappa shape index (κ3) is 5.70. The number of nitrogens with zero attached hydrogens (tertiary/aromatic N) is 3. The molecule has 1 N–H and O–H groups in total. The van der Waals surface area contributed by atoms with Crippen LogP contribution >= 0.6 is 11.8 Å². The highest BCUT2D eigenvalue weighted by molar-refractivity contribution is 7.99. The van der Waals surface area contributed by atoms with Gasteiger partial charge in [0.2, 0.25) is 0 Å². The highest BCUT2D eigenvalue weighted by atomic mass is 32.2. The van der Waals surface area contributed by atoms with Gasteiger partial charge in [0.05, 0.1) is 23.6 Å². The number of hydrogen-bond donors (Lipinski definition) is 1. The summed E-state index contributed by atoms with van der Waals surface area (Å²) in [4.78, 5) is 28.0. The number of nitrogens with one attached hydrogen (secondary N) is 1. The lowest BCUT2D eigenvalue weighted by molar-refractivity contribution is 0.0525. The van der Waals surface area contributed by atoms with Crippen molar-refractivity contribution < 1.29 is 23.5 Å². The molecule has 2 heterocycles. The Bertz CT molecular complexity index is 1150. The van der Waals surface area contributed by atoms with E-state index >= 15 is 0 Å². The fourth-order valence-electron chi connectivity index (χ4n) is 3.26. The highest BCUT2D eigenvalue weighted by Gasteiger charge is 2.23. The number of thioether (sulfide) groups is 1. The van der Waals surface area contributed by atoms with Crippen LogP contribution in [0.5, 0.6) is 5.75 Å². The van der Waals surface area contributed by atoms with Crippen LogP contribution in [0.2, 0.25) is 0 Å². The Kier molecular flexibility index (Phi) is 8.05. The smallest absolute Gasteiger partial charge is 0.340 e. The summed E-state index contributed by atoms with van der Waals surface area (Å²) in [6, 6.07) is 5.69. The first-order valence-corrected chi connectivity index (χ1v) is 11.3. The molecule has 174 valence electrons. The predicted molar refractivity (Wildman–Crippen MR) is 122 cm³/mol. The number of aromatic amines is 1. The van der Waals surface area contributed by atoms with Crippen LogP contribution in [-0.2, 0) is 17.9 Å². The fourth-order valence-corrected chi connectivity index (χ4v) is 4.10. The second-order valence-corrected chi connectivity index (χ2v) is 8.04. The van der Waals surface area contributed by atoms with Crippen LogP contribution in [-0.4, -0.2) is 43.9 Å². The van der Waals surface area contributed by atoms with Crippen molar-refractivity contribution in [3.05, 3.63) is 71.1 Å². The summed E-state index contributed by atoms with van der Waals surface area (Å²) >= 11 is 1.23. The van der Waals surface area contributed by atoms with Gasteiger partial charge in [0.25, 0.3) is 0 Å². The third-order valence-corrected chi connectivity index (χ3v) is 5.78. The first-order chi connectivity index (χ1) is 15.8. The van der Waals surface area contributed by atoms with Crippen molar-refractivity contribution in [1.82, 2.24) is 19.7 Å². The normalized spacial score (nSPS) is 10.8. The number of carbonyl (C=O) groups is 2. The van der Waals surface area contributed by atoms with E-state index in [1.54, 1.807) is 31.4 Å². The quantitative estimate of drug-likeness (QED) is 0.192. The maximum atomic E-state index is 13.1. The van der Waals surface area contributed by atoms with Crippen LogP contribution in [0.25, 0.3) is 0 Å². The average Bonchev–Trinajstić information content (AvgIpc) is 3.31. The summed E-state index contributed by atoms with van der Waals surface area (Å²) in [5.74, 6) is 0.175. The number of aromatic nitrogens is 4. The molecule has 8 nitrogen and oxygen atoms in total. The van der Waals surface area contributed by atoms with E-state index in [1.165, 1.54) is 36.0 Å². The van der Waals surface area contributed by atoms with Crippen molar-refractivity contribution in [2.75, 3.05) is 12.4 Å². The molecule has 0 saturated carbocycles. The number of Topliss-reactive ketones (excluding diaryl/α,β-unsaturated/α-hetero) is 1. The molecule has 0 unspecified atom stereocenters. The minimum absolute atomic E-state index is 0.0944. The number of ether oxygens (including phenoxy) is 2. The second-order valence-electron chi connectivity index (χ2n) is 7.10. The van der Waals surface area contributed by atoms with Gasteiger partial charge < -0.3 is 14.5 Å². The molecule has 33 heavy (non-hydrogen) atoms. The van der Waals surface area contributed by atoms with E-state index in [0.717, 1.165) is 0 Å². The van der Waals surface area contributed by atoms with Gasteiger partial charge in [0.15, 0.2) is 16.8 Å². The Balaban J connectivity index is 1.70. The van der Waals surface area contributed by atoms with Gasteiger partial charge in [-0.15, -0.1) is 16.8 Å². The number of carbonyl (C=O) groups excluding carboxylic acids is 2. The Morgan fingerprint density at radius 1 is 1.24 bits per heavy atom. The van der Waals surface area contributed by atoms with Gasteiger partial charge in [-0.3, -0.25) is 9.36 Å². The van der Waals surface area contributed by atoms with Crippen molar-refractivity contribution >= 4 is 23.5 Å². The Morgan fingerprint density at radius 2 is 1.97 bits per heavy atom. The van der Waals surface area contributed by atoms with Gasteiger partial charge in [-0.05, 0) is 50.6 Å². The summed E-state index contributed by atoms with van der Waals surface area (Å²) < 4.78 is 25.6. The molecule has 0 aliphatic heterocycles. The molecule has 3 rings (SSSR count). The van der Waals surface area contributed by atoms with Crippen LogP contribution in [0.3, 0.4) is 0 Å². The highest BCUT2D eigenvalue weighted by Crippen LogP contribution is 2.24. The minimum atomic E-state index is -0.452. The van der Waals surface area contributed by atoms with Gasteiger partial charge >= 0.3 is 5.97 Å². The average molecular weight is 473 g/mol. The molecule has 0 saturated heterocycles. The third-order valence-electron chi connectivity index (χ3n) is 4.81. The number of rotatable bonds is 11. The molecule has 2 aromatic heterocycles. The maximum Gasteiger partial charge on any atom is 0.340 e. The van der Waals surface area contributed by atoms with Crippen LogP contribution in [0.15, 0.2) is 42.1 Å². The summed E-state index contributed by atoms with van der Waals surface area (Å²) in [6.45, 7) is 9.76. The number of halogens is 1. The van der Waals surface area contributed by atoms with Gasteiger partial charge in [-0.25, -0.2) is 9.18 Å². The number of ketones is 1. The number of esters is 1. The van der Waals surface area contributed by atoms with Gasteiger partial charge in [-0.2, -0.15) is 0 Å². The van der Waals surface area contributed by atoms with E-state index in [0.29, 0.717) is 45.8 Å². The minimum Gasteiger partial charge on any atom is -0.486 e. The van der Waals surface area contributed by atoms with Crippen molar-refractivity contribution in [2.45, 2.75) is 39.1 Å². The molecular formula is C23H25FN4O4S. The molecule has 0 spiro atoms. The lowest BCUT2D eigenvalue weighted by Crippen LogP contribution is -2.10. The summed E-state index contributed by atoms with van der Waals surface area (Å²) in [5.41, 5.74) is 1.92. The molecule has 0 fully saturated rings. The second kappa shape index (κ2) is 11.0. The van der Waals surface area contributed by atoms with E-state index < -0.39 is 5.97 Å². The molecule has 1 aromatic carbocycles. The van der Waals surface area contributed by atoms with Crippen molar-refractivity contribution in [1.29, 1.82) is 0 Å². The molecule has 0 radical (unpaired) electrons. The lowest BCUT2D eigenvalue weighted by Gasteiger charge is -2.09. The van der Waals surface area contributed by atoms with Gasteiger partial charge in [-0.1, -0.05) is 17.8 Å². The summed E-state index contributed by atoms with van der Waals surface area (Å²) in [5, 5.41) is 8.87. The zero-order valence-corrected chi connectivity index (χ0v) is 19.5. The van der Waals surface area contributed by atoms with Crippen molar-refractivity contribution in [3.63, 3.8) is 0 Å². The molecule has 0 aliphatic carbocycles. The summed E-state index contributed by atoms with van der Waals surface area (Å²) in [6.07, 6.45) is 1.70. The SMILES string of the molecule is C=CCn1c(COc2ccc(F)cc2)nnc1SCC(=O)c1[nH]c(C)c(C(=O)OCC)c1C. The first-order valence-electron chi connectivity index (χ1n) is 10.3. The lowest BCUT2D eigenvalue weighted by atomic mass is 10.1. The number of benzene rings is 1. The van der Waals surface area contributed by atoms with Crippen LogP contribution < -0.4 is 4.74 Å². The van der Waals surface area contributed by atoms with E-state index in [2.05, 4.69) is 21.8 Å². The zero-order chi connectivity index (χ0) is 24.0. The van der Waals surface area contributed by atoms with Crippen molar-refractivity contribution in [2.24, 2.45) is 0 Å². The molecule has 3 aromatic rings. The number of H-pyrrole nitrogens is 1. The van der Waals surface area contributed by atoms with Gasteiger partial charge in [0, 0.05) is 12.2 Å². The molecule has 0 bridgehead atoms. The number of hydrogen-bond acceptors (Lipinski definition) is 7. The molecule has 0 amide bonds.